The minimum atomic E-state index is -0.233. The van der Waals surface area contributed by atoms with Crippen molar-refractivity contribution in [2.45, 2.75) is 61.6 Å². The van der Waals surface area contributed by atoms with Crippen LogP contribution in [0.3, 0.4) is 0 Å². The van der Waals surface area contributed by atoms with Gasteiger partial charge in [0.1, 0.15) is 0 Å². The van der Waals surface area contributed by atoms with Crippen LogP contribution in [0.1, 0.15) is 47.9 Å². The Bertz CT molecular complexity index is 528. The Morgan fingerprint density at radius 2 is 1.28 bits per heavy atom. The van der Waals surface area contributed by atoms with Gasteiger partial charge in [-0.2, -0.15) is 0 Å². The fourth-order valence-electron chi connectivity index (χ4n) is 5.64. The fourth-order valence-corrected chi connectivity index (χ4v) is 5.64. The van der Waals surface area contributed by atoms with Gasteiger partial charge in [-0.05, 0) is 60.8 Å². The van der Waals surface area contributed by atoms with Crippen molar-refractivity contribution in [3.05, 3.63) is 34.4 Å². The highest BCUT2D eigenvalue weighted by molar-refractivity contribution is 5.60. The van der Waals surface area contributed by atoms with Crippen LogP contribution < -0.4 is 0 Å². The summed E-state index contributed by atoms with van der Waals surface area (Å²) in [6.07, 6.45) is 5.35. The number of aryl methyl sites for hydroxylation is 2. The standard InChI is InChI=1S/C16H18O2/c17-11-8-16-6-4-10-2-1-9-3-5-15(11,7-12(16)18)13(9)14(10)16/h1-2,11-12,17-18H,3-8H2/t11?,12?,15-,16-/m0/s1. The smallest absolute Gasteiger partial charge is 0.0647 e. The predicted octanol–water partition coefficient (Wildman–Crippen LogP) is 1.58. The molecule has 18 heavy (non-hydrogen) atoms. The van der Waals surface area contributed by atoms with Gasteiger partial charge in [0.2, 0.25) is 0 Å². The van der Waals surface area contributed by atoms with Crippen molar-refractivity contribution in [3.63, 3.8) is 0 Å². The molecule has 2 unspecified atom stereocenters. The molecule has 5 aliphatic carbocycles. The third-order valence-electron chi connectivity index (χ3n) is 6.45. The van der Waals surface area contributed by atoms with E-state index in [4.69, 9.17) is 0 Å². The molecule has 1 saturated carbocycles. The van der Waals surface area contributed by atoms with Crippen molar-refractivity contribution in [3.8, 4) is 0 Å². The fraction of sp³-hybridized carbons (Fsp3) is 0.625. The zero-order valence-corrected chi connectivity index (χ0v) is 10.4. The van der Waals surface area contributed by atoms with Gasteiger partial charge in [-0.15, -0.1) is 0 Å². The van der Waals surface area contributed by atoms with Crippen molar-refractivity contribution >= 4 is 0 Å². The lowest BCUT2D eigenvalue weighted by atomic mass is 9.50. The molecule has 94 valence electrons. The average molecular weight is 242 g/mol. The molecule has 0 amide bonds. The van der Waals surface area contributed by atoms with E-state index >= 15 is 0 Å². The van der Waals surface area contributed by atoms with Crippen molar-refractivity contribution in [1.82, 2.24) is 0 Å². The van der Waals surface area contributed by atoms with E-state index in [1.54, 1.807) is 0 Å². The second-order valence-electron chi connectivity index (χ2n) is 6.89. The number of hydrogen-bond donors (Lipinski definition) is 2. The lowest BCUT2D eigenvalue weighted by molar-refractivity contribution is -0.0818. The summed E-state index contributed by atoms with van der Waals surface area (Å²) in [5.74, 6) is 0. The molecule has 2 spiro atoms. The van der Waals surface area contributed by atoms with E-state index in [9.17, 15) is 10.2 Å². The molecular formula is C16H18O2. The Morgan fingerprint density at radius 1 is 0.833 bits per heavy atom. The molecule has 0 heterocycles. The number of aliphatic hydroxyl groups excluding tert-OH is 2. The van der Waals surface area contributed by atoms with E-state index in [0.717, 1.165) is 38.5 Å². The molecular weight excluding hydrogens is 224 g/mol. The SMILES string of the molecule is OC1C[C@]23CCc4ccc5c(c42)[C@@]1(CC5)CC3O. The summed E-state index contributed by atoms with van der Waals surface area (Å²) < 4.78 is 0. The van der Waals surface area contributed by atoms with E-state index in [1.807, 2.05) is 0 Å². The van der Waals surface area contributed by atoms with E-state index in [2.05, 4.69) is 12.1 Å². The predicted molar refractivity (Wildman–Crippen MR) is 67.7 cm³/mol. The molecule has 2 bridgehead atoms. The molecule has 2 heteroatoms. The summed E-state index contributed by atoms with van der Waals surface area (Å²) >= 11 is 0. The highest BCUT2D eigenvalue weighted by atomic mass is 16.3. The minimum Gasteiger partial charge on any atom is -0.392 e. The van der Waals surface area contributed by atoms with Crippen LogP contribution in [-0.2, 0) is 23.7 Å². The Morgan fingerprint density at radius 3 is 1.72 bits per heavy atom. The van der Waals surface area contributed by atoms with Gasteiger partial charge < -0.3 is 10.2 Å². The zero-order chi connectivity index (χ0) is 12.1. The van der Waals surface area contributed by atoms with Crippen molar-refractivity contribution in [1.29, 1.82) is 0 Å². The molecule has 0 radical (unpaired) electrons. The first-order valence-electron chi connectivity index (χ1n) is 7.19. The number of fused-ring (bicyclic) bond motifs is 2. The van der Waals surface area contributed by atoms with Crippen LogP contribution in [0.15, 0.2) is 12.1 Å². The summed E-state index contributed by atoms with van der Waals surface area (Å²) in [6.45, 7) is 0. The van der Waals surface area contributed by atoms with E-state index < -0.39 is 0 Å². The summed E-state index contributed by atoms with van der Waals surface area (Å²) in [5, 5.41) is 21.3. The summed E-state index contributed by atoms with van der Waals surface area (Å²) in [5.41, 5.74) is 5.61. The van der Waals surface area contributed by atoms with Gasteiger partial charge in [-0.3, -0.25) is 0 Å². The van der Waals surface area contributed by atoms with Gasteiger partial charge >= 0.3 is 0 Å². The molecule has 2 N–H and O–H groups in total. The molecule has 2 nitrogen and oxygen atoms in total. The summed E-state index contributed by atoms with van der Waals surface area (Å²) in [6, 6.07) is 4.56. The molecule has 0 aromatic heterocycles. The normalized spacial score (nSPS) is 46.6. The Labute approximate surface area is 107 Å². The maximum atomic E-state index is 10.7. The molecule has 4 atom stereocenters. The van der Waals surface area contributed by atoms with Crippen molar-refractivity contribution in [2.75, 3.05) is 0 Å². The maximum Gasteiger partial charge on any atom is 0.0647 e. The van der Waals surface area contributed by atoms with E-state index in [0.29, 0.717) is 0 Å². The summed E-state index contributed by atoms with van der Waals surface area (Å²) in [7, 11) is 0. The van der Waals surface area contributed by atoms with E-state index in [-0.39, 0.29) is 23.0 Å². The lowest BCUT2D eigenvalue weighted by Crippen LogP contribution is -2.60. The first kappa shape index (κ1) is 9.99. The third-order valence-corrected chi connectivity index (χ3v) is 6.45. The van der Waals surface area contributed by atoms with E-state index in [1.165, 1.54) is 22.3 Å². The second kappa shape index (κ2) is 2.68. The van der Waals surface area contributed by atoms with Gasteiger partial charge in [0.05, 0.1) is 12.2 Å². The minimum absolute atomic E-state index is 0.105. The van der Waals surface area contributed by atoms with Crippen LogP contribution in [-0.4, -0.2) is 22.4 Å². The van der Waals surface area contributed by atoms with Gasteiger partial charge in [0.25, 0.3) is 0 Å². The molecule has 0 saturated heterocycles. The Kier molecular flexibility index (Phi) is 1.49. The monoisotopic (exact) mass is 242 g/mol. The topological polar surface area (TPSA) is 40.5 Å². The lowest BCUT2D eigenvalue weighted by Gasteiger charge is -2.57. The summed E-state index contributed by atoms with van der Waals surface area (Å²) in [4.78, 5) is 0. The van der Waals surface area contributed by atoms with Crippen LogP contribution in [0, 0.1) is 0 Å². The molecule has 5 aliphatic rings. The molecule has 1 aromatic rings. The number of benzene rings is 1. The Balaban J connectivity index is 1.95. The molecule has 0 aliphatic heterocycles. The van der Waals surface area contributed by atoms with Gasteiger partial charge in [0.15, 0.2) is 0 Å². The molecule has 1 fully saturated rings. The first-order chi connectivity index (χ1) is 8.67. The Hall–Kier alpha value is -0.860. The number of rotatable bonds is 0. The van der Waals surface area contributed by atoms with Crippen LogP contribution in [0.25, 0.3) is 0 Å². The quantitative estimate of drug-likeness (QED) is 0.725. The van der Waals surface area contributed by atoms with Gasteiger partial charge in [-0.25, -0.2) is 0 Å². The van der Waals surface area contributed by atoms with Gasteiger partial charge in [0, 0.05) is 10.8 Å². The van der Waals surface area contributed by atoms with Crippen LogP contribution in [0.4, 0.5) is 0 Å². The van der Waals surface area contributed by atoms with Crippen molar-refractivity contribution in [2.24, 2.45) is 0 Å². The average Bonchev–Trinajstić information content (AvgIpc) is 2.89. The number of aliphatic hydroxyl groups is 2. The van der Waals surface area contributed by atoms with Crippen molar-refractivity contribution < 1.29 is 10.2 Å². The zero-order valence-electron chi connectivity index (χ0n) is 10.4. The third kappa shape index (κ3) is 0.784. The molecule has 6 rings (SSSR count). The largest absolute Gasteiger partial charge is 0.392 e. The highest BCUT2D eigenvalue weighted by Gasteiger charge is 2.65. The maximum absolute atomic E-state index is 10.7. The molecule has 1 aromatic carbocycles. The van der Waals surface area contributed by atoms with Gasteiger partial charge in [-0.1, -0.05) is 12.1 Å². The second-order valence-corrected chi connectivity index (χ2v) is 6.89. The van der Waals surface area contributed by atoms with Crippen LogP contribution in [0.2, 0.25) is 0 Å². The first-order valence-corrected chi connectivity index (χ1v) is 7.19. The highest BCUT2D eigenvalue weighted by Crippen LogP contribution is 2.65. The van der Waals surface area contributed by atoms with Crippen LogP contribution in [0.5, 0.6) is 0 Å². The van der Waals surface area contributed by atoms with Crippen LogP contribution >= 0.6 is 0 Å². The number of hydrogen-bond acceptors (Lipinski definition) is 2.